The zero-order valence-electron chi connectivity index (χ0n) is 10.7. The Morgan fingerprint density at radius 3 is 3.06 bits per heavy atom. The van der Waals surface area contributed by atoms with Gasteiger partial charge in [0.1, 0.15) is 11.4 Å². The van der Waals surface area contributed by atoms with Gasteiger partial charge in [-0.15, -0.1) is 0 Å². The first-order valence-corrected chi connectivity index (χ1v) is 6.03. The highest BCUT2D eigenvalue weighted by molar-refractivity contribution is 5.58. The van der Waals surface area contributed by atoms with E-state index in [0.717, 1.165) is 24.2 Å². The monoisotopic (exact) mass is 226 g/mol. The summed E-state index contributed by atoms with van der Waals surface area (Å²) in [5.74, 6) is 0.908. The molecule has 1 aliphatic rings. The van der Waals surface area contributed by atoms with Crippen molar-refractivity contribution < 1.29 is 4.74 Å². The molecule has 0 saturated heterocycles. The van der Waals surface area contributed by atoms with Crippen molar-refractivity contribution in [1.82, 2.24) is 0 Å². The van der Waals surface area contributed by atoms with E-state index in [9.17, 15) is 0 Å². The van der Waals surface area contributed by atoms with Crippen molar-refractivity contribution in [2.24, 2.45) is 0 Å². The van der Waals surface area contributed by atoms with E-state index in [2.05, 4.69) is 51.1 Å². The zero-order chi connectivity index (χ0) is 12.3. The van der Waals surface area contributed by atoms with Crippen LogP contribution in [-0.2, 0) is 0 Å². The van der Waals surface area contributed by atoms with Crippen LogP contribution >= 0.6 is 0 Å². The normalized spacial score (nSPS) is 21.1. The first-order chi connectivity index (χ1) is 8.09. The summed E-state index contributed by atoms with van der Waals surface area (Å²) in [6, 6.07) is 9.79. The van der Waals surface area contributed by atoms with Crippen LogP contribution < -0.4 is 4.74 Å². The molecule has 0 fully saturated rings. The van der Waals surface area contributed by atoms with E-state index in [-0.39, 0.29) is 5.60 Å². The molecule has 0 spiro atoms. The minimum absolute atomic E-state index is 0.200. The molecule has 1 heterocycles. The highest BCUT2D eigenvalue weighted by atomic mass is 16.5. The Morgan fingerprint density at radius 2 is 2.29 bits per heavy atom. The average molecular weight is 226 g/mol. The minimum atomic E-state index is -0.200. The Bertz CT molecular complexity index is 452. The van der Waals surface area contributed by atoms with Crippen molar-refractivity contribution in [3.05, 3.63) is 47.6 Å². The van der Waals surface area contributed by atoms with Crippen molar-refractivity contribution in [2.75, 3.05) is 0 Å². The van der Waals surface area contributed by atoms with Gasteiger partial charge < -0.3 is 4.74 Å². The zero-order valence-corrected chi connectivity index (χ0v) is 10.7. The van der Waals surface area contributed by atoms with E-state index >= 15 is 0 Å². The molecule has 1 atom stereocenters. The maximum atomic E-state index is 6.03. The third kappa shape index (κ3) is 2.91. The lowest BCUT2D eigenvalue weighted by atomic mass is 9.95. The lowest BCUT2D eigenvalue weighted by Crippen LogP contribution is -2.31. The molecule has 1 nitrogen and oxygen atoms in total. The van der Waals surface area contributed by atoms with Gasteiger partial charge in [-0.25, -0.2) is 0 Å². The molecule has 0 N–H and O–H groups in total. The number of hydrogen-bond acceptors (Lipinski definition) is 1. The van der Waals surface area contributed by atoms with Crippen LogP contribution in [0, 0.1) is 12.1 Å². The van der Waals surface area contributed by atoms with Gasteiger partial charge in [0.15, 0.2) is 0 Å². The fourth-order valence-corrected chi connectivity index (χ4v) is 1.93. The quantitative estimate of drug-likeness (QED) is 0.702. The molecule has 1 aromatic rings. The van der Waals surface area contributed by atoms with Gasteiger partial charge in [0.25, 0.3) is 0 Å². The van der Waals surface area contributed by atoms with Crippen LogP contribution in [0.1, 0.15) is 39.2 Å². The molecule has 1 aliphatic heterocycles. The Kier molecular flexibility index (Phi) is 3.24. The molecular weight excluding hydrogens is 208 g/mol. The molecule has 17 heavy (non-hydrogen) atoms. The predicted octanol–water partition coefficient (Wildman–Crippen LogP) is 4.20. The van der Waals surface area contributed by atoms with Crippen LogP contribution in [0.3, 0.4) is 0 Å². The number of hydrogen-bond donors (Lipinski definition) is 0. The molecule has 1 aromatic carbocycles. The Balaban J connectivity index is 2.08. The molecule has 0 radical (unpaired) electrons. The second-order valence-corrected chi connectivity index (χ2v) is 4.95. The van der Waals surface area contributed by atoms with Gasteiger partial charge >= 0.3 is 0 Å². The molecule has 0 saturated carbocycles. The van der Waals surface area contributed by atoms with Gasteiger partial charge in [-0.3, -0.25) is 0 Å². The summed E-state index contributed by atoms with van der Waals surface area (Å²) in [5, 5.41) is 0. The van der Waals surface area contributed by atoms with E-state index in [4.69, 9.17) is 4.74 Å². The minimum Gasteiger partial charge on any atom is -0.482 e. The largest absolute Gasteiger partial charge is 0.482 e. The van der Waals surface area contributed by atoms with Crippen LogP contribution in [0.15, 0.2) is 29.9 Å². The van der Waals surface area contributed by atoms with Crippen LogP contribution in [0.4, 0.5) is 0 Å². The first-order valence-electron chi connectivity index (χ1n) is 6.03. The van der Waals surface area contributed by atoms with Crippen LogP contribution in [0.25, 0.3) is 6.08 Å². The highest BCUT2D eigenvalue weighted by Crippen LogP contribution is 2.32. The SMILES string of the molecule is CC(C)=CCCC1(C)C=Cc2c#cccc2O1. The summed E-state index contributed by atoms with van der Waals surface area (Å²) >= 11 is 0. The first kappa shape index (κ1) is 11.8. The number of ether oxygens (including phenoxy) is 1. The predicted molar refractivity (Wildman–Crippen MR) is 70.8 cm³/mol. The van der Waals surface area contributed by atoms with Crippen molar-refractivity contribution >= 4 is 6.08 Å². The summed E-state index contributed by atoms with van der Waals surface area (Å²) in [4.78, 5) is 0. The summed E-state index contributed by atoms with van der Waals surface area (Å²) in [5.41, 5.74) is 2.15. The smallest absolute Gasteiger partial charge is 0.136 e. The van der Waals surface area contributed by atoms with Gasteiger partial charge in [-0.05, 0) is 57.9 Å². The van der Waals surface area contributed by atoms with E-state index < -0.39 is 0 Å². The Morgan fingerprint density at radius 1 is 1.47 bits per heavy atom. The van der Waals surface area contributed by atoms with E-state index in [1.54, 1.807) is 0 Å². The lowest BCUT2D eigenvalue weighted by Gasteiger charge is -2.30. The Labute approximate surface area is 104 Å². The van der Waals surface area contributed by atoms with Crippen molar-refractivity contribution in [1.29, 1.82) is 0 Å². The van der Waals surface area contributed by atoms with Gasteiger partial charge in [0.2, 0.25) is 0 Å². The van der Waals surface area contributed by atoms with Gasteiger partial charge in [-0.2, -0.15) is 0 Å². The third-order valence-electron chi connectivity index (χ3n) is 2.93. The number of allylic oxidation sites excluding steroid dienone is 2. The molecule has 0 aromatic heterocycles. The standard InChI is InChI=1S/C16H18O/c1-13(2)7-6-11-16(3)12-10-14-8-4-5-9-15(14)17-16/h5,7,9-10,12H,6,11H2,1-3H3. The third-order valence-corrected chi connectivity index (χ3v) is 2.93. The van der Waals surface area contributed by atoms with Gasteiger partial charge in [0, 0.05) is 0 Å². The lowest BCUT2D eigenvalue weighted by molar-refractivity contribution is 0.129. The Hall–Kier alpha value is -1.68. The topological polar surface area (TPSA) is 9.23 Å². The highest BCUT2D eigenvalue weighted by Gasteiger charge is 2.26. The molecule has 0 aliphatic carbocycles. The van der Waals surface area contributed by atoms with Gasteiger partial charge in [-0.1, -0.05) is 23.8 Å². The van der Waals surface area contributed by atoms with E-state index in [1.807, 2.05) is 12.1 Å². The number of fused-ring (bicyclic) bond motifs is 1. The maximum absolute atomic E-state index is 6.03. The van der Waals surface area contributed by atoms with Crippen molar-refractivity contribution in [3.63, 3.8) is 0 Å². The molecule has 2 rings (SSSR count). The van der Waals surface area contributed by atoms with Crippen LogP contribution in [-0.4, -0.2) is 5.60 Å². The second-order valence-electron chi connectivity index (χ2n) is 4.95. The van der Waals surface area contributed by atoms with E-state index in [0.29, 0.717) is 0 Å². The summed E-state index contributed by atoms with van der Waals surface area (Å²) in [7, 11) is 0. The summed E-state index contributed by atoms with van der Waals surface area (Å²) in [6.07, 6.45) is 8.49. The second kappa shape index (κ2) is 4.67. The van der Waals surface area contributed by atoms with Crippen LogP contribution in [0.2, 0.25) is 0 Å². The van der Waals surface area contributed by atoms with Gasteiger partial charge in [0.05, 0.1) is 5.56 Å². The van der Waals surface area contributed by atoms with Crippen molar-refractivity contribution in [2.45, 2.75) is 39.2 Å². The molecule has 0 amide bonds. The summed E-state index contributed by atoms with van der Waals surface area (Å²) in [6.45, 7) is 6.38. The molecule has 88 valence electrons. The number of rotatable bonds is 3. The molecular formula is C16H18O. The maximum Gasteiger partial charge on any atom is 0.136 e. The van der Waals surface area contributed by atoms with E-state index in [1.165, 1.54) is 5.57 Å². The molecule has 1 heteroatoms. The fraction of sp³-hybridized carbons (Fsp3) is 0.375. The van der Waals surface area contributed by atoms with Crippen molar-refractivity contribution in [3.8, 4) is 5.75 Å². The summed E-state index contributed by atoms with van der Waals surface area (Å²) < 4.78 is 6.03. The molecule has 1 unspecified atom stereocenters. The van der Waals surface area contributed by atoms with Crippen LogP contribution in [0.5, 0.6) is 5.75 Å². The average Bonchev–Trinajstić information content (AvgIpc) is 2.28. The fourth-order valence-electron chi connectivity index (χ4n) is 1.93. The molecule has 0 bridgehead atoms.